The highest BCUT2D eigenvalue weighted by atomic mass is 16.7. The maximum absolute atomic E-state index is 13.1. The van der Waals surface area contributed by atoms with Crippen LogP contribution in [-0.2, 0) is 14.3 Å². The number of carbonyl (C=O) groups excluding carboxylic acids is 1. The lowest BCUT2D eigenvalue weighted by molar-refractivity contribution is -0.302. The molecule has 7 atom stereocenters. The quantitative estimate of drug-likeness (QED) is 0.0261. The summed E-state index contributed by atoms with van der Waals surface area (Å²) in [4.78, 5) is 13.1. The zero-order chi connectivity index (χ0) is 62.8. The number of allylic oxidation sites excluding steroid dienone is 7. The van der Waals surface area contributed by atoms with Crippen molar-refractivity contribution >= 4 is 5.91 Å². The van der Waals surface area contributed by atoms with Gasteiger partial charge in [-0.2, -0.15) is 0 Å². The van der Waals surface area contributed by atoms with E-state index in [0.717, 1.165) is 44.9 Å². The molecule has 0 saturated carbocycles. The van der Waals surface area contributed by atoms with Crippen molar-refractivity contribution in [3.63, 3.8) is 0 Å². The van der Waals surface area contributed by atoms with E-state index in [1.807, 2.05) is 6.08 Å². The lowest BCUT2D eigenvalue weighted by atomic mass is 9.99. The van der Waals surface area contributed by atoms with Gasteiger partial charge < -0.3 is 40.3 Å². The summed E-state index contributed by atoms with van der Waals surface area (Å²) in [5.74, 6) is -0.184. The van der Waals surface area contributed by atoms with E-state index in [1.165, 1.54) is 321 Å². The Kier molecular flexibility index (Phi) is 64.1. The summed E-state index contributed by atoms with van der Waals surface area (Å²) in [7, 11) is 0. The zero-order valence-corrected chi connectivity index (χ0v) is 57.5. The van der Waals surface area contributed by atoms with Crippen LogP contribution in [0.1, 0.15) is 386 Å². The lowest BCUT2D eigenvalue weighted by Gasteiger charge is -2.40. The molecule has 0 aromatic rings. The Labute approximate surface area is 539 Å². The molecule has 1 aliphatic rings. The summed E-state index contributed by atoms with van der Waals surface area (Å²) < 4.78 is 11.3. The van der Waals surface area contributed by atoms with E-state index in [9.17, 15) is 30.3 Å². The van der Waals surface area contributed by atoms with Crippen molar-refractivity contribution in [2.75, 3.05) is 13.2 Å². The summed E-state index contributed by atoms with van der Waals surface area (Å²) in [6.45, 7) is 3.82. The molecule has 1 aliphatic heterocycles. The Morgan fingerprint density at radius 1 is 0.379 bits per heavy atom. The number of unbranched alkanes of at least 4 members (excludes halogenated alkanes) is 52. The van der Waals surface area contributed by atoms with Gasteiger partial charge in [0.1, 0.15) is 24.4 Å². The first-order valence-corrected chi connectivity index (χ1v) is 38.4. The first-order chi connectivity index (χ1) is 42.8. The molecule has 7 unspecified atom stereocenters. The van der Waals surface area contributed by atoms with E-state index in [4.69, 9.17) is 9.47 Å². The number of aliphatic hydroxyl groups excluding tert-OH is 5. The molecule has 0 bridgehead atoms. The molecule has 0 aromatic heterocycles. The topological polar surface area (TPSA) is 149 Å². The first-order valence-electron chi connectivity index (χ1n) is 38.4. The SMILES string of the molecule is CCCCCCCCCC/C=C\CCCCCCCCCCCCCCCCCCCCCC(=O)NC(COC1OC(CO)C(O)C(O)C1O)C(O)/C=C/CC/C=C/CC/C=C/CCCCCCCCCCCCCCCCCCCCCCCCC. The van der Waals surface area contributed by atoms with E-state index < -0.39 is 49.5 Å². The second kappa shape index (κ2) is 67.1. The van der Waals surface area contributed by atoms with Crippen molar-refractivity contribution in [3.8, 4) is 0 Å². The molecule has 1 saturated heterocycles. The van der Waals surface area contributed by atoms with Crippen LogP contribution in [0.3, 0.4) is 0 Å². The summed E-state index contributed by atoms with van der Waals surface area (Å²) in [5, 5.41) is 54.8. The lowest BCUT2D eigenvalue weighted by Crippen LogP contribution is -2.60. The molecule has 6 N–H and O–H groups in total. The Bertz CT molecular complexity index is 1520. The minimum absolute atomic E-state index is 0.184. The second-order valence-electron chi connectivity index (χ2n) is 26.8. The van der Waals surface area contributed by atoms with Crippen molar-refractivity contribution in [1.29, 1.82) is 0 Å². The third-order valence-corrected chi connectivity index (χ3v) is 18.4. The molecule has 87 heavy (non-hydrogen) atoms. The van der Waals surface area contributed by atoms with Crippen molar-refractivity contribution in [3.05, 3.63) is 48.6 Å². The number of nitrogens with one attached hydrogen (secondary N) is 1. The van der Waals surface area contributed by atoms with Crippen LogP contribution in [0, 0.1) is 0 Å². The molecule has 0 radical (unpaired) electrons. The second-order valence-corrected chi connectivity index (χ2v) is 26.8. The van der Waals surface area contributed by atoms with Gasteiger partial charge in [-0.05, 0) is 70.6 Å². The highest BCUT2D eigenvalue weighted by molar-refractivity contribution is 5.76. The minimum atomic E-state index is -1.58. The van der Waals surface area contributed by atoms with Crippen LogP contribution >= 0.6 is 0 Å². The predicted octanol–water partition coefficient (Wildman–Crippen LogP) is 21.5. The van der Waals surface area contributed by atoms with Crippen molar-refractivity contribution in [2.45, 2.75) is 429 Å². The molecule has 0 spiro atoms. The van der Waals surface area contributed by atoms with Gasteiger partial charge in [-0.3, -0.25) is 4.79 Å². The van der Waals surface area contributed by atoms with Gasteiger partial charge in [0.2, 0.25) is 5.91 Å². The number of aliphatic hydroxyl groups is 5. The number of hydrogen-bond donors (Lipinski definition) is 6. The molecule has 1 fully saturated rings. The van der Waals surface area contributed by atoms with Crippen LogP contribution in [0.25, 0.3) is 0 Å². The molecule has 1 heterocycles. The van der Waals surface area contributed by atoms with Crippen LogP contribution < -0.4 is 5.32 Å². The Morgan fingerprint density at radius 3 is 0.966 bits per heavy atom. The average molecular weight is 1230 g/mol. The predicted molar refractivity (Wildman–Crippen MR) is 373 cm³/mol. The Hall–Kier alpha value is -1.85. The summed E-state index contributed by atoms with van der Waals surface area (Å²) >= 11 is 0. The summed E-state index contributed by atoms with van der Waals surface area (Å²) in [6.07, 6.45) is 85.4. The van der Waals surface area contributed by atoms with Gasteiger partial charge in [-0.15, -0.1) is 0 Å². The zero-order valence-electron chi connectivity index (χ0n) is 57.5. The molecule has 0 aliphatic carbocycles. The number of hydrogen-bond acceptors (Lipinski definition) is 8. The fourth-order valence-corrected chi connectivity index (χ4v) is 12.4. The normalized spacial score (nSPS) is 18.2. The summed E-state index contributed by atoms with van der Waals surface area (Å²) in [5.41, 5.74) is 0. The van der Waals surface area contributed by atoms with Crippen molar-refractivity contribution < 1.29 is 39.8 Å². The van der Waals surface area contributed by atoms with Gasteiger partial charge in [0.25, 0.3) is 0 Å². The van der Waals surface area contributed by atoms with Gasteiger partial charge in [0.05, 0.1) is 25.4 Å². The Morgan fingerprint density at radius 2 is 0.655 bits per heavy atom. The van der Waals surface area contributed by atoms with E-state index in [0.29, 0.717) is 6.42 Å². The molecular weight excluding hydrogens is 1080 g/mol. The molecule has 9 nitrogen and oxygen atoms in total. The van der Waals surface area contributed by atoms with Gasteiger partial charge in [-0.1, -0.05) is 358 Å². The highest BCUT2D eigenvalue weighted by Crippen LogP contribution is 2.24. The number of ether oxygens (including phenoxy) is 2. The first kappa shape index (κ1) is 83.2. The third kappa shape index (κ3) is 55.5. The van der Waals surface area contributed by atoms with Gasteiger partial charge in [0.15, 0.2) is 6.29 Å². The monoisotopic (exact) mass is 1230 g/mol. The van der Waals surface area contributed by atoms with E-state index >= 15 is 0 Å². The molecular formula is C78H147NO8. The van der Waals surface area contributed by atoms with Crippen molar-refractivity contribution in [2.24, 2.45) is 0 Å². The minimum Gasteiger partial charge on any atom is -0.394 e. The maximum atomic E-state index is 13.1. The Balaban J connectivity index is 2.12. The van der Waals surface area contributed by atoms with Crippen LogP contribution in [0.2, 0.25) is 0 Å². The smallest absolute Gasteiger partial charge is 0.220 e. The van der Waals surface area contributed by atoms with Crippen molar-refractivity contribution in [1.82, 2.24) is 5.32 Å². The number of amides is 1. The van der Waals surface area contributed by atoms with Crippen LogP contribution in [0.15, 0.2) is 48.6 Å². The van der Waals surface area contributed by atoms with Gasteiger partial charge in [-0.25, -0.2) is 0 Å². The van der Waals surface area contributed by atoms with Crippen LogP contribution in [0.5, 0.6) is 0 Å². The fraction of sp³-hybridized carbons (Fsp3) is 0.885. The number of rotatable bonds is 68. The highest BCUT2D eigenvalue weighted by Gasteiger charge is 2.44. The standard InChI is InChI=1S/C78H147NO8/c1-3-5-7-9-11-13-15-17-19-21-23-25-27-29-31-33-35-36-38-39-41-43-45-47-49-51-53-55-57-59-61-63-65-67-72(81)71(70-86-78-77(85)76(84)75(83)73(69-80)87-78)79-74(82)68-66-64-62-60-58-56-54-52-50-48-46-44-42-40-37-34-32-30-28-26-24-22-20-18-16-14-12-10-8-6-4-2/h22,24,49,51,57,59,65,67,71-73,75-78,80-81,83-85H,3-21,23,25-48,50,52-56,58,60-64,66,68-70H2,1-2H3,(H,79,82)/b24-22-,51-49+,59-57+,67-65+. The van der Waals surface area contributed by atoms with E-state index in [-0.39, 0.29) is 12.5 Å². The summed E-state index contributed by atoms with van der Waals surface area (Å²) in [6, 6.07) is -0.830. The molecule has 1 amide bonds. The molecule has 0 aromatic carbocycles. The van der Waals surface area contributed by atoms with Gasteiger partial charge >= 0.3 is 0 Å². The largest absolute Gasteiger partial charge is 0.394 e. The van der Waals surface area contributed by atoms with E-state index in [1.54, 1.807) is 6.08 Å². The third-order valence-electron chi connectivity index (χ3n) is 18.4. The molecule has 512 valence electrons. The molecule has 1 rings (SSSR count). The van der Waals surface area contributed by atoms with E-state index in [2.05, 4.69) is 55.6 Å². The van der Waals surface area contributed by atoms with Crippen LogP contribution in [0.4, 0.5) is 0 Å². The fourth-order valence-electron chi connectivity index (χ4n) is 12.4. The maximum Gasteiger partial charge on any atom is 0.220 e. The molecule has 9 heteroatoms. The van der Waals surface area contributed by atoms with Crippen LogP contribution in [-0.4, -0.2) is 87.5 Å². The number of carbonyl (C=O) groups is 1. The van der Waals surface area contributed by atoms with Gasteiger partial charge in [0, 0.05) is 6.42 Å². The average Bonchev–Trinajstić information content (AvgIpc) is 3.47.